The number of hydrogen-bond acceptors (Lipinski definition) is 3. The average Bonchev–Trinajstić information content (AvgIpc) is 2.73. The first-order chi connectivity index (χ1) is 7.63. The summed E-state index contributed by atoms with van der Waals surface area (Å²) in [6.07, 6.45) is 0. The molecule has 4 nitrogen and oxygen atoms in total. The number of nitrogens with zero attached hydrogens (tertiary/aromatic N) is 4. The molecular weight excluding hydrogens is 277 g/mol. The Hall–Kier alpha value is -0.910. The van der Waals surface area contributed by atoms with Crippen LogP contribution >= 0.6 is 34.8 Å². The summed E-state index contributed by atoms with van der Waals surface area (Å²) in [4.78, 5) is 0. The van der Waals surface area contributed by atoms with Crippen molar-refractivity contribution in [2.24, 2.45) is 0 Å². The molecule has 0 bridgehead atoms. The Kier molecular flexibility index (Phi) is 3.28. The van der Waals surface area contributed by atoms with Crippen molar-refractivity contribution >= 4 is 34.8 Å². The fraction of sp³-hybridized carbons (Fsp3) is 0.125. The lowest BCUT2D eigenvalue weighted by molar-refractivity contribution is 0.627. The van der Waals surface area contributed by atoms with E-state index in [2.05, 4.69) is 15.5 Å². The third-order valence-electron chi connectivity index (χ3n) is 1.87. The molecule has 0 aliphatic rings. The second-order valence-electron chi connectivity index (χ2n) is 2.86. The van der Waals surface area contributed by atoms with E-state index < -0.39 is 5.82 Å². The number of rotatable bonds is 2. The zero-order valence-corrected chi connectivity index (χ0v) is 9.93. The van der Waals surface area contributed by atoms with E-state index in [0.717, 1.165) is 0 Å². The highest BCUT2D eigenvalue weighted by Gasteiger charge is 2.12. The predicted molar refractivity (Wildman–Crippen MR) is 58.7 cm³/mol. The minimum atomic E-state index is -0.674. The summed E-state index contributed by atoms with van der Waals surface area (Å²) in [5.74, 6) is -0.132. The molecule has 2 aromatic rings. The van der Waals surface area contributed by atoms with Crippen LogP contribution in [0.5, 0.6) is 0 Å². The molecule has 0 saturated carbocycles. The Bertz CT molecular complexity index is 505. The summed E-state index contributed by atoms with van der Waals surface area (Å²) in [6, 6.07) is 2.74. The summed E-state index contributed by atoms with van der Waals surface area (Å²) in [5.41, 5.74) is 0.456. The van der Waals surface area contributed by atoms with E-state index in [1.807, 2.05) is 0 Å². The van der Waals surface area contributed by atoms with Gasteiger partial charge in [0.2, 0.25) is 0 Å². The number of aromatic nitrogens is 4. The number of benzene rings is 1. The highest BCUT2D eigenvalue weighted by atomic mass is 35.5. The second-order valence-corrected chi connectivity index (χ2v) is 3.95. The first-order valence-electron chi connectivity index (χ1n) is 4.11. The minimum absolute atomic E-state index is 0.0986. The third-order valence-corrected chi connectivity index (χ3v) is 2.66. The number of halogens is 4. The molecule has 1 heterocycles. The quantitative estimate of drug-likeness (QED) is 0.628. The number of tetrazole rings is 1. The Morgan fingerprint density at radius 1 is 1.25 bits per heavy atom. The molecule has 0 amide bonds. The number of hydrogen-bond donors (Lipinski definition) is 0. The van der Waals surface area contributed by atoms with Crippen LogP contribution in [0.1, 0.15) is 5.82 Å². The molecule has 0 spiro atoms. The van der Waals surface area contributed by atoms with Crippen LogP contribution in [0.4, 0.5) is 4.39 Å². The molecule has 0 aliphatic carbocycles. The van der Waals surface area contributed by atoms with Gasteiger partial charge in [0.15, 0.2) is 11.6 Å². The third kappa shape index (κ3) is 1.98. The van der Waals surface area contributed by atoms with Gasteiger partial charge >= 0.3 is 0 Å². The van der Waals surface area contributed by atoms with E-state index in [1.54, 1.807) is 0 Å². The fourth-order valence-electron chi connectivity index (χ4n) is 1.15. The molecule has 0 radical (unpaired) electrons. The molecule has 0 saturated heterocycles. The monoisotopic (exact) mass is 280 g/mol. The van der Waals surface area contributed by atoms with E-state index in [4.69, 9.17) is 34.8 Å². The van der Waals surface area contributed by atoms with Crippen LogP contribution in [0, 0.1) is 5.82 Å². The molecule has 0 N–H and O–H groups in total. The molecular formula is C8H4Cl3FN4. The fourth-order valence-corrected chi connectivity index (χ4v) is 1.80. The average molecular weight is 282 g/mol. The van der Waals surface area contributed by atoms with Gasteiger partial charge < -0.3 is 0 Å². The normalized spacial score (nSPS) is 10.8. The van der Waals surface area contributed by atoms with Crippen molar-refractivity contribution in [1.29, 1.82) is 0 Å². The van der Waals surface area contributed by atoms with Gasteiger partial charge in [0.05, 0.1) is 21.6 Å². The SMILES string of the molecule is Fc1c(Cl)cc(-n2nnnc2CCl)cc1Cl. The Morgan fingerprint density at radius 3 is 2.44 bits per heavy atom. The van der Waals surface area contributed by atoms with Crippen molar-refractivity contribution in [3.05, 3.63) is 33.8 Å². The van der Waals surface area contributed by atoms with Gasteiger partial charge in [-0.05, 0) is 22.6 Å². The number of alkyl halides is 1. The van der Waals surface area contributed by atoms with Crippen molar-refractivity contribution in [3.63, 3.8) is 0 Å². The topological polar surface area (TPSA) is 43.6 Å². The Balaban J connectivity index is 2.57. The minimum Gasteiger partial charge on any atom is -0.204 e. The van der Waals surface area contributed by atoms with Gasteiger partial charge in [-0.1, -0.05) is 23.2 Å². The van der Waals surface area contributed by atoms with E-state index in [-0.39, 0.29) is 15.9 Å². The summed E-state index contributed by atoms with van der Waals surface area (Å²) in [5, 5.41) is 10.6. The summed E-state index contributed by atoms with van der Waals surface area (Å²) in [6.45, 7) is 0. The first-order valence-corrected chi connectivity index (χ1v) is 5.40. The van der Waals surface area contributed by atoms with E-state index in [9.17, 15) is 4.39 Å². The van der Waals surface area contributed by atoms with Crippen LogP contribution in [0.15, 0.2) is 12.1 Å². The smallest absolute Gasteiger partial charge is 0.171 e. The van der Waals surface area contributed by atoms with Crippen molar-refractivity contribution in [1.82, 2.24) is 20.2 Å². The largest absolute Gasteiger partial charge is 0.204 e. The van der Waals surface area contributed by atoms with Crippen LogP contribution in [0.25, 0.3) is 5.69 Å². The van der Waals surface area contributed by atoms with Crippen LogP contribution in [-0.2, 0) is 5.88 Å². The van der Waals surface area contributed by atoms with Crippen molar-refractivity contribution in [2.45, 2.75) is 5.88 Å². The van der Waals surface area contributed by atoms with Crippen LogP contribution in [0.3, 0.4) is 0 Å². The van der Waals surface area contributed by atoms with Gasteiger partial charge in [-0.2, -0.15) is 4.68 Å². The molecule has 16 heavy (non-hydrogen) atoms. The molecule has 0 atom stereocenters. The molecule has 1 aromatic carbocycles. The molecule has 0 aliphatic heterocycles. The van der Waals surface area contributed by atoms with Crippen molar-refractivity contribution in [2.75, 3.05) is 0 Å². The van der Waals surface area contributed by atoms with Crippen LogP contribution in [0.2, 0.25) is 10.0 Å². The van der Waals surface area contributed by atoms with Crippen LogP contribution in [-0.4, -0.2) is 20.2 Å². The summed E-state index contributed by atoms with van der Waals surface area (Å²) < 4.78 is 14.5. The van der Waals surface area contributed by atoms with Gasteiger partial charge in [0, 0.05) is 0 Å². The molecule has 2 rings (SSSR count). The van der Waals surface area contributed by atoms with Gasteiger partial charge in [0.1, 0.15) is 0 Å². The molecule has 84 valence electrons. The summed E-state index contributed by atoms with van der Waals surface area (Å²) >= 11 is 16.9. The van der Waals surface area contributed by atoms with Crippen molar-refractivity contribution in [3.8, 4) is 5.69 Å². The Morgan fingerprint density at radius 2 is 1.88 bits per heavy atom. The lowest BCUT2D eigenvalue weighted by Crippen LogP contribution is -2.02. The van der Waals surface area contributed by atoms with Gasteiger partial charge in [-0.15, -0.1) is 16.7 Å². The zero-order valence-electron chi connectivity index (χ0n) is 7.66. The molecule has 0 fully saturated rings. The molecule has 1 aromatic heterocycles. The summed E-state index contributed by atoms with van der Waals surface area (Å²) in [7, 11) is 0. The lowest BCUT2D eigenvalue weighted by atomic mass is 10.3. The van der Waals surface area contributed by atoms with E-state index in [1.165, 1.54) is 16.8 Å². The van der Waals surface area contributed by atoms with Gasteiger partial charge in [-0.25, -0.2) is 4.39 Å². The predicted octanol–water partition coefficient (Wildman–Crippen LogP) is 2.85. The highest BCUT2D eigenvalue weighted by Crippen LogP contribution is 2.26. The van der Waals surface area contributed by atoms with Crippen molar-refractivity contribution < 1.29 is 4.39 Å². The zero-order chi connectivity index (χ0) is 11.7. The van der Waals surface area contributed by atoms with Gasteiger partial charge in [-0.3, -0.25) is 0 Å². The highest BCUT2D eigenvalue weighted by molar-refractivity contribution is 6.35. The molecule has 0 unspecified atom stereocenters. The Labute approximate surface area is 105 Å². The maximum Gasteiger partial charge on any atom is 0.171 e. The van der Waals surface area contributed by atoms with Gasteiger partial charge in [0.25, 0.3) is 0 Å². The first kappa shape index (κ1) is 11.6. The maximum absolute atomic E-state index is 13.2. The van der Waals surface area contributed by atoms with E-state index in [0.29, 0.717) is 11.5 Å². The second kappa shape index (κ2) is 4.53. The lowest BCUT2D eigenvalue weighted by Gasteiger charge is -2.05. The van der Waals surface area contributed by atoms with Crippen LogP contribution < -0.4 is 0 Å². The maximum atomic E-state index is 13.2. The molecule has 8 heteroatoms. The standard InChI is InChI=1S/C8H4Cl3FN4/c9-3-7-13-14-15-16(7)4-1-5(10)8(12)6(11)2-4/h1-2H,3H2. The van der Waals surface area contributed by atoms with E-state index >= 15 is 0 Å².